The average molecular weight is 357 g/mol. The van der Waals surface area contributed by atoms with Gasteiger partial charge in [-0.05, 0) is 25.0 Å². The lowest BCUT2D eigenvalue weighted by molar-refractivity contribution is -0.131. The number of likely N-dealkylation sites (tertiary alicyclic amines) is 1. The number of amides is 2. The fourth-order valence-electron chi connectivity index (χ4n) is 2.86. The van der Waals surface area contributed by atoms with E-state index in [-0.39, 0.29) is 34.0 Å². The number of carbonyl (C=O) groups is 2. The third kappa shape index (κ3) is 4.00. The quantitative estimate of drug-likeness (QED) is 0.841. The molecule has 0 radical (unpaired) electrons. The van der Waals surface area contributed by atoms with E-state index in [1.807, 2.05) is 0 Å². The van der Waals surface area contributed by atoms with Crippen molar-refractivity contribution in [3.8, 4) is 0 Å². The number of likely N-dealkylation sites (N-methyl/N-ethyl adjacent to an activating group) is 1. The molecule has 1 aliphatic rings. The molecule has 0 saturated carbocycles. The van der Waals surface area contributed by atoms with E-state index in [2.05, 4.69) is 0 Å². The van der Waals surface area contributed by atoms with Crippen molar-refractivity contribution >= 4 is 41.9 Å². The van der Waals surface area contributed by atoms with Gasteiger partial charge in [-0.1, -0.05) is 36.1 Å². The van der Waals surface area contributed by atoms with Crippen LogP contribution in [0.3, 0.4) is 0 Å². The van der Waals surface area contributed by atoms with Crippen molar-refractivity contribution in [1.82, 2.24) is 9.80 Å². The summed E-state index contributed by atoms with van der Waals surface area (Å²) in [6, 6.07) is 4.82. The fourth-order valence-corrected chi connectivity index (χ4v) is 3.42. The molecule has 1 aliphatic heterocycles. The largest absolute Gasteiger partial charge is 0.449 e. The topological polar surface area (TPSA) is 60.9 Å². The van der Waals surface area contributed by atoms with Crippen LogP contribution in [-0.2, 0) is 4.79 Å². The maximum absolute atomic E-state index is 12.5. The maximum atomic E-state index is 12.5. The number of rotatable bonds is 4. The number of carbonyl (C=O) groups excluding carboxylic acids is 2. The second-order valence-corrected chi connectivity index (χ2v) is 6.61. The lowest BCUT2D eigenvalue weighted by Gasteiger charge is -2.27. The van der Waals surface area contributed by atoms with Gasteiger partial charge in [-0.2, -0.15) is 0 Å². The van der Waals surface area contributed by atoms with Crippen LogP contribution >= 0.6 is 23.2 Å². The van der Waals surface area contributed by atoms with Crippen molar-refractivity contribution in [2.45, 2.75) is 25.6 Å². The van der Waals surface area contributed by atoms with Crippen LogP contribution in [0.25, 0.3) is 0 Å². The first-order valence-electron chi connectivity index (χ1n) is 7.50. The first-order chi connectivity index (χ1) is 10.8. The molecule has 1 heterocycles. The van der Waals surface area contributed by atoms with Crippen LogP contribution in [0.2, 0.25) is 16.9 Å². The van der Waals surface area contributed by atoms with Crippen molar-refractivity contribution in [3.05, 3.63) is 33.8 Å². The van der Waals surface area contributed by atoms with E-state index in [9.17, 15) is 14.6 Å². The van der Waals surface area contributed by atoms with E-state index < -0.39 is 12.8 Å². The Balaban J connectivity index is 2.08. The van der Waals surface area contributed by atoms with E-state index >= 15 is 0 Å². The Morgan fingerprint density at radius 2 is 2.00 bits per heavy atom. The average Bonchev–Trinajstić information content (AvgIpc) is 2.96. The molecule has 0 aliphatic carbocycles. The van der Waals surface area contributed by atoms with E-state index in [1.54, 1.807) is 29.9 Å². The molecule has 1 aromatic rings. The summed E-state index contributed by atoms with van der Waals surface area (Å²) in [4.78, 5) is 27.9. The summed E-state index contributed by atoms with van der Waals surface area (Å²) in [7, 11) is 1.54. The molecule has 8 heteroatoms. The Labute approximate surface area is 146 Å². The molecule has 23 heavy (non-hydrogen) atoms. The molecule has 5 nitrogen and oxygen atoms in total. The predicted molar refractivity (Wildman–Crippen MR) is 92.0 cm³/mol. The maximum Gasteiger partial charge on any atom is 0.309 e. The second kappa shape index (κ2) is 7.56. The number of nitrogens with zero attached hydrogens (tertiary/aromatic N) is 2. The highest BCUT2D eigenvalue weighted by Crippen LogP contribution is 2.25. The van der Waals surface area contributed by atoms with Gasteiger partial charge in [-0.3, -0.25) is 9.59 Å². The van der Waals surface area contributed by atoms with E-state index in [0.717, 1.165) is 12.8 Å². The summed E-state index contributed by atoms with van der Waals surface area (Å²) in [5.74, 6) is -0.774. The fraction of sp³-hybridized carbons (Fsp3) is 0.467. The van der Waals surface area contributed by atoms with Gasteiger partial charge >= 0.3 is 6.92 Å². The van der Waals surface area contributed by atoms with Crippen molar-refractivity contribution in [3.63, 3.8) is 0 Å². The van der Waals surface area contributed by atoms with Gasteiger partial charge in [-0.15, -0.1) is 0 Å². The predicted octanol–water partition coefficient (Wildman–Crippen LogP) is 2.21. The smallest absolute Gasteiger partial charge is 0.309 e. The van der Waals surface area contributed by atoms with Crippen LogP contribution in [0.4, 0.5) is 0 Å². The first kappa shape index (κ1) is 18.1. The van der Waals surface area contributed by atoms with Crippen LogP contribution in [0.15, 0.2) is 18.2 Å². The zero-order chi connectivity index (χ0) is 17.1. The molecule has 2 rings (SSSR count). The number of hydrogen-bond acceptors (Lipinski definition) is 3. The highest BCUT2D eigenvalue weighted by Gasteiger charge is 2.34. The number of benzene rings is 1. The molecule has 1 atom stereocenters. The van der Waals surface area contributed by atoms with Crippen molar-refractivity contribution in [2.24, 2.45) is 0 Å². The molecule has 1 saturated heterocycles. The van der Waals surface area contributed by atoms with E-state index in [4.69, 9.17) is 23.2 Å². The number of halogens is 2. The summed E-state index contributed by atoms with van der Waals surface area (Å²) < 4.78 is 0. The van der Waals surface area contributed by atoms with Gasteiger partial charge in [-0.25, -0.2) is 0 Å². The lowest BCUT2D eigenvalue weighted by atomic mass is 9.62. The van der Waals surface area contributed by atoms with Crippen LogP contribution < -0.4 is 0 Å². The Kier molecular flexibility index (Phi) is 5.95. The van der Waals surface area contributed by atoms with Crippen LogP contribution in [0.1, 0.15) is 23.2 Å². The summed E-state index contributed by atoms with van der Waals surface area (Å²) in [5.41, 5.74) is 0.194. The van der Waals surface area contributed by atoms with Gasteiger partial charge < -0.3 is 14.8 Å². The standard InChI is InChI=1S/C15H19BCl2N2O3/c1-16(23)12-7-4-8-20(12)13(21)9-19(2)15(22)14-10(17)5-3-6-11(14)18/h3,5-6,12,23H,4,7-9H2,1-2H3. The molecule has 0 aromatic heterocycles. The van der Waals surface area contributed by atoms with Crippen LogP contribution in [0.5, 0.6) is 0 Å². The molecule has 124 valence electrons. The van der Waals surface area contributed by atoms with E-state index in [1.165, 1.54) is 11.9 Å². The minimum absolute atomic E-state index is 0.0798. The van der Waals surface area contributed by atoms with Crippen molar-refractivity contribution in [2.75, 3.05) is 20.1 Å². The monoisotopic (exact) mass is 356 g/mol. The third-order valence-electron chi connectivity index (χ3n) is 4.07. The van der Waals surface area contributed by atoms with Gasteiger partial charge in [0.05, 0.1) is 22.2 Å². The summed E-state index contributed by atoms with van der Waals surface area (Å²) >= 11 is 12.1. The van der Waals surface area contributed by atoms with Crippen LogP contribution in [-0.4, -0.2) is 59.6 Å². The minimum Gasteiger partial charge on any atom is -0.449 e. The zero-order valence-corrected chi connectivity index (χ0v) is 14.6. The Bertz CT molecular complexity index is 592. The van der Waals surface area contributed by atoms with Gasteiger partial charge in [0.2, 0.25) is 5.91 Å². The summed E-state index contributed by atoms with van der Waals surface area (Å²) in [6.45, 7) is 1.61. The third-order valence-corrected chi connectivity index (χ3v) is 4.70. The molecular formula is C15H19BCl2N2O3. The molecule has 1 fully saturated rings. The molecule has 0 bridgehead atoms. The molecule has 1 N–H and O–H groups in total. The van der Waals surface area contributed by atoms with Crippen LogP contribution in [0, 0.1) is 0 Å². The molecule has 0 spiro atoms. The molecule has 2 amide bonds. The zero-order valence-electron chi connectivity index (χ0n) is 13.1. The van der Waals surface area contributed by atoms with E-state index in [0.29, 0.717) is 6.54 Å². The molecular weight excluding hydrogens is 338 g/mol. The normalized spacial score (nSPS) is 17.3. The highest BCUT2D eigenvalue weighted by atomic mass is 35.5. The van der Waals surface area contributed by atoms with Crippen molar-refractivity contribution in [1.29, 1.82) is 0 Å². The summed E-state index contributed by atoms with van der Waals surface area (Å²) in [6.07, 6.45) is 1.63. The van der Waals surface area contributed by atoms with Gasteiger partial charge in [0.1, 0.15) is 0 Å². The number of hydrogen-bond donors (Lipinski definition) is 1. The Morgan fingerprint density at radius 3 is 2.57 bits per heavy atom. The molecule has 1 aromatic carbocycles. The van der Waals surface area contributed by atoms with Crippen molar-refractivity contribution < 1.29 is 14.6 Å². The Hall–Kier alpha value is -1.24. The summed E-state index contributed by atoms with van der Waals surface area (Å²) in [5, 5.41) is 10.3. The van der Waals surface area contributed by atoms with Gasteiger partial charge in [0, 0.05) is 19.5 Å². The SMILES string of the molecule is CB(O)C1CCCN1C(=O)CN(C)C(=O)c1c(Cl)cccc1Cl. The lowest BCUT2D eigenvalue weighted by Crippen LogP contribution is -2.48. The van der Waals surface area contributed by atoms with Gasteiger partial charge in [0.25, 0.3) is 5.91 Å². The van der Waals surface area contributed by atoms with Gasteiger partial charge in [0.15, 0.2) is 0 Å². The second-order valence-electron chi connectivity index (χ2n) is 5.80. The first-order valence-corrected chi connectivity index (χ1v) is 8.25. The highest BCUT2D eigenvalue weighted by molar-refractivity contribution is 6.51. The Morgan fingerprint density at radius 1 is 1.39 bits per heavy atom. The molecule has 1 unspecified atom stereocenters. The minimum atomic E-state index is -0.583.